The number of carbonyl (C=O) groups is 2. The second-order valence-corrected chi connectivity index (χ2v) is 6.86. The Morgan fingerprint density at radius 2 is 1.88 bits per heavy atom. The van der Waals surface area contributed by atoms with Crippen molar-refractivity contribution in [3.8, 4) is 0 Å². The molecule has 0 radical (unpaired) electrons. The number of rotatable bonds is 6. The summed E-state index contributed by atoms with van der Waals surface area (Å²) in [5, 5.41) is 2.70. The summed E-state index contributed by atoms with van der Waals surface area (Å²) in [7, 11) is 0. The average Bonchev–Trinajstić information content (AvgIpc) is 3.44. The molecular weight excluding hydrogens is 331 g/mol. The zero-order valence-corrected chi connectivity index (χ0v) is 15.1. The molecule has 2 amide bonds. The fourth-order valence-electron chi connectivity index (χ4n) is 2.88. The van der Waals surface area contributed by atoms with Crippen LogP contribution in [0.4, 0.5) is 4.39 Å². The predicted octanol–water partition coefficient (Wildman–Crippen LogP) is 3.36. The average molecular weight is 354 g/mol. The van der Waals surface area contributed by atoms with Gasteiger partial charge in [-0.05, 0) is 67.6 Å². The Hall–Kier alpha value is -2.69. The minimum absolute atomic E-state index is 0.0580. The maximum atomic E-state index is 13.4. The van der Waals surface area contributed by atoms with Crippen LogP contribution in [-0.2, 0) is 11.3 Å². The molecule has 4 nitrogen and oxygen atoms in total. The van der Waals surface area contributed by atoms with Crippen molar-refractivity contribution in [1.82, 2.24) is 10.2 Å². The Kier molecular flexibility index (Phi) is 5.35. The molecule has 26 heavy (non-hydrogen) atoms. The van der Waals surface area contributed by atoms with Crippen LogP contribution in [-0.4, -0.2) is 29.3 Å². The lowest BCUT2D eigenvalue weighted by Gasteiger charge is -2.23. The first kappa shape index (κ1) is 18.1. The molecule has 1 aliphatic rings. The summed E-state index contributed by atoms with van der Waals surface area (Å²) in [5.41, 5.74) is 3.46. The number of amides is 2. The minimum atomic E-state index is -0.311. The molecule has 0 aromatic heterocycles. The lowest BCUT2D eigenvalue weighted by molar-refractivity contribution is -0.131. The van der Waals surface area contributed by atoms with E-state index < -0.39 is 0 Å². The van der Waals surface area contributed by atoms with Gasteiger partial charge in [0.15, 0.2) is 0 Å². The van der Waals surface area contributed by atoms with E-state index in [4.69, 9.17) is 0 Å². The van der Waals surface area contributed by atoms with Crippen LogP contribution in [0.15, 0.2) is 42.5 Å². The van der Waals surface area contributed by atoms with E-state index in [0.29, 0.717) is 12.1 Å². The number of nitrogens with zero attached hydrogens (tertiary/aromatic N) is 1. The Morgan fingerprint density at radius 1 is 1.12 bits per heavy atom. The van der Waals surface area contributed by atoms with Gasteiger partial charge in [0, 0.05) is 18.2 Å². The highest BCUT2D eigenvalue weighted by Crippen LogP contribution is 2.28. The zero-order chi connectivity index (χ0) is 18.7. The molecule has 0 bridgehead atoms. The predicted molar refractivity (Wildman–Crippen MR) is 98.2 cm³/mol. The molecule has 2 aromatic rings. The normalized spacial score (nSPS) is 13.3. The van der Waals surface area contributed by atoms with E-state index in [9.17, 15) is 14.0 Å². The monoisotopic (exact) mass is 354 g/mol. The second kappa shape index (κ2) is 7.68. The van der Waals surface area contributed by atoms with Crippen molar-refractivity contribution in [3.05, 3.63) is 70.5 Å². The van der Waals surface area contributed by atoms with Gasteiger partial charge in [0.25, 0.3) is 5.91 Å². The summed E-state index contributed by atoms with van der Waals surface area (Å²) in [6.45, 7) is 4.24. The Morgan fingerprint density at radius 3 is 2.54 bits per heavy atom. The largest absolute Gasteiger partial charge is 0.343 e. The van der Waals surface area contributed by atoms with Crippen LogP contribution in [0.25, 0.3) is 0 Å². The van der Waals surface area contributed by atoms with Gasteiger partial charge in [-0.3, -0.25) is 9.59 Å². The fourth-order valence-corrected chi connectivity index (χ4v) is 2.88. The molecule has 0 heterocycles. The number of nitrogens with one attached hydrogen (secondary N) is 1. The molecule has 0 unspecified atom stereocenters. The molecule has 0 saturated heterocycles. The first-order chi connectivity index (χ1) is 12.4. The second-order valence-electron chi connectivity index (χ2n) is 6.86. The van der Waals surface area contributed by atoms with E-state index in [0.717, 1.165) is 29.5 Å². The maximum Gasteiger partial charge on any atom is 0.251 e. The molecule has 1 saturated carbocycles. The molecule has 5 heteroatoms. The van der Waals surface area contributed by atoms with Gasteiger partial charge in [-0.1, -0.05) is 18.2 Å². The first-order valence-corrected chi connectivity index (χ1v) is 8.83. The smallest absolute Gasteiger partial charge is 0.251 e. The molecule has 0 spiro atoms. The number of benzene rings is 2. The molecular formula is C21H23FN2O2. The Bertz CT molecular complexity index is 831. The third kappa shape index (κ3) is 4.48. The van der Waals surface area contributed by atoms with Crippen molar-refractivity contribution in [2.75, 3.05) is 6.54 Å². The van der Waals surface area contributed by atoms with Crippen molar-refractivity contribution < 1.29 is 14.0 Å². The molecule has 136 valence electrons. The van der Waals surface area contributed by atoms with Crippen molar-refractivity contribution >= 4 is 11.8 Å². The quantitative estimate of drug-likeness (QED) is 0.865. The third-order valence-electron chi connectivity index (χ3n) is 4.72. The van der Waals surface area contributed by atoms with Crippen molar-refractivity contribution in [2.24, 2.45) is 0 Å². The van der Waals surface area contributed by atoms with Gasteiger partial charge in [-0.15, -0.1) is 0 Å². The number of carbonyl (C=O) groups excluding carboxylic acids is 2. The summed E-state index contributed by atoms with van der Waals surface area (Å²) < 4.78 is 13.4. The van der Waals surface area contributed by atoms with Crippen LogP contribution in [0, 0.1) is 19.7 Å². The van der Waals surface area contributed by atoms with Crippen LogP contribution in [0.3, 0.4) is 0 Å². The maximum absolute atomic E-state index is 13.4. The van der Waals surface area contributed by atoms with Gasteiger partial charge in [0.2, 0.25) is 5.91 Å². The van der Waals surface area contributed by atoms with Crippen molar-refractivity contribution in [3.63, 3.8) is 0 Å². The summed E-state index contributed by atoms with van der Waals surface area (Å²) in [6.07, 6.45) is 1.90. The van der Waals surface area contributed by atoms with E-state index in [1.807, 2.05) is 26.0 Å². The number of hydrogen-bond acceptors (Lipinski definition) is 2. The highest BCUT2D eigenvalue weighted by molar-refractivity contribution is 5.96. The van der Waals surface area contributed by atoms with E-state index in [-0.39, 0.29) is 30.2 Å². The molecule has 3 rings (SSSR count). The van der Waals surface area contributed by atoms with E-state index in [1.165, 1.54) is 12.1 Å². The van der Waals surface area contributed by atoms with Crippen LogP contribution < -0.4 is 5.32 Å². The van der Waals surface area contributed by atoms with E-state index in [2.05, 4.69) is 5.32 Å². The summed E-state index contributed by atoms with van der Waals surface area (Å²) >= 11 is 0. The summed E-state index contributed by atoms with van der Waals surface area (Å²) in [5.74, 6) is -0.717. The van der Waals surface area contributed by atoms with Gasteiger partial charge >= 0.3 is 0 Å². The number of halogens is 1. The van der Waals surface area contributed by atoms with Crippen LogP contribution in [0.1, 0.15) is 39.9 Å². The number of hydrogen-bond donors (Lipinski definition) is 1. The third-order valence-corrected chi connectivity index (χ3v) is 4.72. The van der Waals surface area contributed by atoms with Crippen LogP contribution >= 0.6 is 0 Å². The molecule has 1 N–H and O–H groups in total. The first-order valence-electron chi connectivity index (χ1n) is 8.83. The lowest BCUT2D eigenvalue weighted by Crippen LogP contribution is -2.41. The molecule has 0 atom stereocenters. The van der Waals surface area contributed by atoms with Gasteiger partial charge in [0.05, 0.1) is 6.54 Å². The Balaban J connectivity index is 1.61. The van der Waals surface area contributed by atoms with E-state index >= 15 is 0 Å². The fraction of sp³-hybridized carbons (Fsp3) is 0.333. The highest BCUT2D eigenvalue weighted by Gasteiger charge is 2.32. The Labute approximate surface area is 153 Å². The van der Waals surface area contributed by atoms with Gasteiger partial charge in [-0.25, -0.2) is 4.39 Å². The van der Waals surface area contributed by atoms with Crippen LogP contribution in [0.2, 0.25) is 0 Å². The SMILES string of the molecule is Cc1ccc(C(=O)NCC(=O)N(Cc2cccc(F)c2)C2CC2)cc1C. The van der Waals surface area contributed by atoms with Gasteiger partial charge < -0.3 is 10.2 Å². The summed E-state index contributed by atoms with van der Waals surface area (Å²) in [4.78, 5) is 26.6. The van der Waals surface area contributed by atoms with Crippen molar-refractivity contribution in [2.45, 2.75) is 39.3 Å². The minimum Gasteiger partial charge on any atom is -0.343 e. The molecule has 0 aliphatic heterocycles. The zero-order valence-electron chi connectivity index (χ0n) is 15.1. The van der Waals surface area contributed by atoms with Crippen molar-refractivity contribution in [1.29, 1.82) is 0 Å². The summed E-state index contributed by atoms with van der Waals surface area (Å²) in [6, 6.07) is 11.9. The standard InChI is InChI=1S/C21H23FN2O2/c1-14-6-7-17(10-15(14)2)21(26)23-12-20(25)24(19-8-9-19)13-16-4-3-5-18(22)11-16/h3-7,10-11,19H,8-9,12-13H2,1-2H3,(H,23,26). The number of aryl methyl sites for hydroxylation is 2. The highest BCUT2D eigenvalue weighted by atomic mass is 19.1. The topological polar surface area (TPSA) is 49.4 Å². The van der Waals surface area contributed by atoms with Gasteiger partial charge in [0.1, 0.15) is 5.82 Å². The molecule has 1 aliphatic carbocycles. The van der Waals surface area contributed by atoms with Gasteiger partial charge in [-0.2, -0.15) is 0 Å². The van der Waals surface area contributed by atoms with E-state index in [1.54, 1.807) is 23.1 Å². The molecule has 1 fully saturated rings. The van der Waals surface area contributed by atoms with Crippen LogP contribution in [0.5, 0.6) is 0 Å². The lowest BCUT2D eigenvalue weighted by atomic mass is 10.1. The molecule has 2 aromatic carbocycles.